The third kappa shape index (κ3) is 2.65. The lowest BCUT2D eigenvalue weighted by atomic mass is 9.89. The summed E-state index contributed by atoms with van der Waals surface area (Å²) in [6, 6.07) is 6.20. The molecule has 0 unspecified atom stereocenters. The first-order valence-corrected chi connectivity index (χ1v) is 7.91. The number of carbonyl (C=O) groups excluding carboxylic acids is 1. The van der Waals surface area contributed by atoms with Crippen LogP contribution in [0.15, 0.2) is 18.2 Å². The predicted octanol–water partition coefficient (Wildman–Crippen LogP) is 3.56. The van der Waals surface area contributed by atoms with Crippen LogP contribution in [-0.2, 0) is 12.8 Å². The summed E-state index contributed by atoms with van der Waals surface area (Å²) in [4.78, 5) is 17.5. The SMILES string of the molecule is CCCNC(=O)c1c2c(nc3ccc(C)cc13)CCCC2. The van der Waals surface area contributed by atoms with Gasteiger partial charge in [0.1, 0.15) is 0 Å². The van der Waals surface area contributed by atoms with Crippen LogP contribution in [0.2, 0.25) is 0 Å². The summed E-state index contributed by atoms with van der Waals surface area (Å²) in [5.41, 5.74) is 5.28. The van der Waals surface area contributed by atoms with E-state index in [9.17, 15) is 4.79 Å². The molecule has 21 heavy (non-hydrogen) atoms. The Hall–Kier alpha value is -1.90. The zero-order valence-corrected chi connectivity index (χ0v) is 12.8. The van der Waals surface area contributed by atoms with Gasteiger partial charge in [-0.15, -0.1) is 0 Å². The standard InChI is InChI=1S/C18H22N2O/c1-3-10-19-18(21)17-13-6-4-5-7-15(13)20-16-9-8-12(2)11-14(16)17/h8-9,11H,3-7,10H2,1-2H3,(H,19,21). The van der Waals surface area contributed by atoms with Crippen molar-refractivity contribution >= 4 is 16.8 Å². The van der Waals surface area contributed by atoms with Gasteiger partial charge in [-0.1, -0.05) is 18.6 Å². The highest BCUT2D eigenvalue weighted by Crippen LogP contribution is 2.29. The van der Waals surface area contributed by atoms with Crippen molar-refractivity contribution < 1.29 is 4.79 Å². The molecule has 1 amide bonds. The van der Waals surface area contributed by atoms with Gasteiger partial charge < -0.3 is 5.32 Å². The van der Waals surface area contributed by atoms with Crippen molar-refractivity contribution in [3.05, 3.63) is 40.6 Å². The summed E-state index contributed by atoms with van der Waals surface area (Å²) < 4.78 is 0. The Morgan fingerprint density at radius 3 is 2.90 bits per heavy atom. The summed E-state index contributed by atoms with van der Waals surface area (Å²) in [7, 11) is 0. The number of benzene rings is 1. The Morgan fingerprint density at radius 1 is 1.29 bits per heavy atom. The van der Waals surface area contributed by atoms with E-state index in [1.807, 2.05) is 6.07 Å². The van der Waals surface area contributed by atoms with Crippen LogP contribution in [0.1, 0.15) is 53.4 Å². The number of pyridine rings is 1. The molecule has 3 rings (SSSR count). The van der Waals surface area contributed by atoms with Gasteiger partial charge in [0.2, 0.25) is 0 Å². The minimum atomic E-state index is 0.0630. The molecule has 0 fully saturated rings. The molecule has 1 aliphatic carbocycles. The van der Waals surface area contributed by atoms with Crippen LogP contribution in [0.25, 0.3) is 10.9 Å². The lowest BCUT2D eigenvalue weighted by molar-refractivity contribution is 0.0954. The maximum Gasteiger partial charge on any atom is 0.252 e. The summed E-state index contributed by atoms with van der Waals surface area (Å²) in [5, 5.41) is 4.05. The van der Waals surface area contributed by atoms with E-state index in [1.165, 1.54) is 17.5 Å². The highest BCUT2D eigenvalue weighted by Gasteiger charge is 2.22. The molecule has 0 saturated carbocycles. The number of amides is 1. The van der Waals surface area contributed by atoms with Crippen molar-refractivity contribution in [3.8, 4) is 0 Å². The van der Waals surface area contributed by atoms with Crippen molar-refractivity contribution in [1.29, 1.82) is 0 Å². The van der Waals surface area contributed by atoms with E-state index >= 15 is 0 Å². The maximum absolute atomic E-state index is 12.7. The number of aromatic nitrogens is 1. The second-order valence-corrected chi connectivity index (χ2v) is 5.90. The topological polar surface area (TPSA) is 42.0 Å². The van der Waals surface area contributed by atoms with Crippen molar-refractivity contribution in [2.24, 2.45) is 0 Å². The Morgan fingerprint density at radius 2 is 2.10 bits per heavy atom. The van der Waals surface area contributed by atoms with Gasteiger partial charge in [-0.25, -0.2) is 0 Å². The number of hydrogen-bond acceptors (Lipinski definition) is 2. The van der Waals surface area contributed by atoms with Crippen molar-refractivity contribution in [2.75, 3.05) is 6.54 Å². The number of hydrogen-bond donors (Lipinski definition) is 1. The molecule has 1 N–H and O–H groups in total. The third-order valence-electron chi connectivity index (χ3n) is 4.18. The second-order valence-electron chi connectivity index (χ2n) is 5.90. The zero-order chi connectivity index (χ0) is 14.8. The van der Waals surface area contributed by atoms with Gasteiger partial charge in [0, 0.05) is 17.6 Å². The molecule has 1 aromatic carbocycles. The van der Waals surface area contributed by atoms with Gasteiger partial charge >= 0.3 is 0 Å². The molecule has 3 heteroatoms. The third-order valence-corrected chi connectivity index (χ3v) is 4.18. The molecule has 0 aliphatic heterocycles. The van der Waals surface area contributed by atoms with Crippen LogP contribution in [0.4, 0.5) is 0 Å². The quantitative estimate of drug-likeness (QED) is 0.935. The molecule has 0 radical (unpaired) electrons. The predicted molar refractivity (Wildman–Crippen MR) is 85.7 cm³/mol. The molecular formula is C18H22N2O. The summed E-state index contributed by atoms with van der Waals surface area (Å²) in [6.45, 7) is 4.86. The number of fused-ring (bicyclic) bond motifs is 2. The number of aryl methyl sites for hydroxylation is 2. The van der Waals surface area contributed by atoms with E-state index in [2.05, 4.69) is 31.3 Å². The molecule has 2 aromatic rings. The van der Waals surface area contributed by atoms with Gasteiger partial charge in [0.15, 0.2) is 0 Å². The van der Waals surface area contributed by atoms with Crippen LogP contribution in [0, 0.1) is 6.92 Å². The van der Waals surface area contributed by atoms with Crippen LogP contribution < -0.4 is 5.32 Å². The van der Waals surface area contributed by atoms with E-state index < -0.39 is 0 Å². The average Bonchev–Trinajstić information content (AvgIpc) is 2.50. The van der Waals surface area contributed by atoms with E-state index in [0.29, 0.717) is 0 Å². The molecule has 0 spiro atoms. The molecular weight excluding hydrogens is 260 g/mol. The monoisotopic (exact) mass is 282 g/mol. The molecule has 110 valence electrons. The molecule has 1 aromatic heterocycles. The number of nitrogens with zero attached hydrogens (tertiary/aromatic N) is 1. The maximum atomic E-state index is 12.7. The van der Waals surface area contributed by atoms with Crippen LogP contribution >= 0.6 is 0 Å². The minimum Gasteiger partial charge on any atom is -0.352 e. The fourth-order valence-corrected chi connectivity index (χ4v) is 3.12. The van der Waals surface area contributed by atoms with Crippen molar-refractivity contribution in [2.45, 2.75) is 46.0 Å². The lowest BCUT2D eigenvalue weighted by Gasteiger charge is -2.20. The molecule has 1 aliphatic rings. The number of nitrogens with one attached hydrogen (secondary N) is 1. The summed E-state index contributed by atoms with van der Waals surface area (Å²) in [5.74, 6) is 0.0630. The fourth-order valence-electron chi connectivity index (χ4n) is 3.12. The highest BCUT2D eigenvalue weighted by atomic mass is 16.1. The Bertz CT molecular complexity index is 691. The fraction of sp³-hybridized carbons (Fsp3) is 0.444. The van der Waals surface area contributed by atoms with Gasteiger partial charge in [0.25, 0.3) is 5.91 Å². The average molecular weight is 282 g/mol. The normalized spacial score (nSPS) is 14.0. The highest BCUT2D eigenvalue weighted by molar-refractivity contribution is 6.07. The van der Waals surface area contributed by atoms with E-state index in [0.717, 1.165) is 54.4 Å². The molecule has 1 heterocycles. The summed E-state index contributed by atoms with van der Waals surface area (Å²) in [6.07, 6.45) is 5.25. The number of rotatable bonds is 3. The van der Waals surface area contributed by atoms with E-state index in [1.54, 1.807) is 0 Å². The van der Waals surface area contributed by atoms with Crippen LogP contribution in [0.5, 0.6) is 0 Å². The van der Waals surface area contributed by atoms with Crippen LogP contribution in [0.3, 0.4) is 0 Å². The van der Waals surface area contributed by atoms with Gasteiger partial charge in [-0.2, -0.15) is 0 Å². The largest absolute Gasteiger partial charge is 0.352 e. The van der Waals surface area contributed by atoms with E-state index in [-0.39, 0.29) is 5.91 Å². The van der Waals surface area contributed by atoms with Gasteiger partial charge in [-0.3, -0.25) is 9.78 Å². The van der Waals surface area contributed by atoms with Crippen LogP contribution in [-0.4, -0.2) is 17.4 Å². The minimum absolute atomic E-state index is 0.0630. The molecule has 0 bridgehead atoms. The van der Waals surface area contributed by atoms with Gasteiger partial charge in [-0.05, 0) is 56.7 Å². The lowest BCUT2D eigenvalue weighted by Crippen LogP contribution is -2.27. The Labute approximate surface area is 125 Å². The molecule has 0 atom stereocenters. The van der Waals surface area contributed by atoms with E-state index in [4.69, 9.17) is 4.98 Å². The smallest absolute Gasteiger partial charge is 0.252 e. The Balaban J connectivity index is 2.21. The number of carbonyl (C=O) groups is 1. The summed E-state index contributed by atoms with van der Waals surface area (Å²) >= 11 is 0. The molecule has 0 saturated heterocycles. The van der Waals surface area contributed by atoms with Crippen molar-refractivity contribution in [3.63, 3.8) is 0 Å². The first-order valence-electron chi connectivity index (χ1n) is 7.91. The Kier molecular flexibility index (Phi) is 3.91. The molecule has 3 nitrogen and oxygen atoms in total. The zero-order valence-electron chi connectivity index (χ0n) is 12.8. The first kappa shape index (κ1) is 14.1. The first-order chi connectivity index (χ1) is 10.2. The van der Waals surface area contributed by atoms with Gasteiger partial charge in [0.05, 0.1) is 11.1 Å². The van der Waals surface area contributed by atoms with Crippen molar-refractivity contribution in [1.82, 2.24) is 10.3 Å². The second kappa shape index (κ2) is 5.84.